The predicted octanol–water partition coefficient (Wildman–Crippen LogP) is 3.16. The Kier molecular flexibility index (Phi) is 4.08. The third-order valence-electron chi connectivity index (χ3n) is 2.77. The van der Waals surface area contributed by atoms with Crippen LogP contribution in [-0.4, -0.2) is 22.2 Å². The van der Waals surface area contributed by atoms with Crippen molar-refractivity contribution in [3.05, 3.63) is 51.3 Å². The first-order chi connectivity index (χ1) is 8.96. The van der Waals surface area contributed by atoms with Gasteiger partial charge in [-0.15, -0.1) is 0 Å². The Labute approximate surface area is 124 Å². The summed E-state index contributed by atoms with van der Waals surface area (Å²) in [6.07, 6.45) is 3.00. The van der Waals surface area contributed by atoms with E-state index in [2.05, 4.69) is 25.9 Å². The molecule has 0 radical (unpaired) electrons. The van der Waals surface area contributed by atoms with Gasteiger partial charge in [-0.3, -0.25) is 4.98 Å². The number of nitrogens with zero attached hydrogens (tertiary/aromatic N) is 2. The van der Waals surface area contributed by atoms with E-state index in [1.54, 1.807) is 25.1 Å². The zero-order valence-corrected chi connectivity index (χ0v) is 12.7. The zero-order valence-electron chi connectivity index (χ0n) is 10.4. The second kappa shape index (κ2) is 5.45. The molecule has 0 bridgehead atoms. The quantitative estimate of drug-likeness (QED) is 0.930. The van der Waals surface area contributed by atoms with E-state index in [1.807, 2.05) is 0 Å². The number of ether oxygens (including phenoxy) is 1. The van der Waals surface area contributed by atoms with E-state index in [4.69, 9.17) is 16.3 Å². The number of hydrogen-bond donors (Lipinski definition) is 1. The van der Waals surface area contributed by atoms with Crippen molar-refractivity contribution in [3.63, 3.8) is 0 Å². The molecular formula is C13H12BrClN2O2. The maximum atomic E-state index is 10.8. The lowest BCUT2D eigenvalue weighted by atomic mass is 9.92. The summed E-state index contributed by atoms with van der Waals surface area (Å²) in [6, 6.07) is 5.26. The monoisotopic (exact) mass is 342 g/mol. The fourth-order valence-corrected chi connectivity index (χ4v) is 2.68. The van der Waals surface area contributed by atoms with E-state index in [9.17, 15) is 5.11 Å². The first-order valence-electron chi connectivity index (χ1n) is 5.50. The van der Waals surface area contributed by atoms with Crippen LogP contribution in [0.15, 0.2) is 35.1 Å². The molecule has 1 N–H and O–H groups in total. The highest BCUT2D eigenvalue weighted by atomic mass is 79.9. The maximum Gasteiger partial charge on any atom is 0.238 e. The van der Waals surface area contributed by atoms with Crippen LogP contribution in [0.2, 0.25) is 5.02 Å². The number of aromatic nitrogens is 2. The first-order valence-corrected chi connectivity index (χ1v) is 6.67. The van der Waals surface area contributed by atoms with Crippen molar-refractivity contribution in [1.29, 1.82) is 0 Å². The summed E-state index contributed by atoms with van der Waals surface area (Å²) in [6.45, 7) is 1.61. The second-order valence-corrected chi connectivity index (χ2v) is 5.43. The molecule has 6 heteroatoms. The highest BCUT2D eigenvalue weighted by Gasteiger charge is 2.33. The molecule has 1 heterocycles. The predicted molar refractivity (Wildman–Crippen MR) is 76.4 cm³/mol. The Morgan fingerprint density at radius 3 is 2.63 bits per heavy atom. The third kappa shape index (κ3) is 2.73. The molecule has 1 aromatic carbocycles. The van der Waals surface area contributed by atoms with Gasteiger partial charge in [0.1, 0.15) is 11.3 Å². The van der Waals surface area contributed by atoms with Crippen molar-refractivity contribution in [2.24, 2.45) is 0 Å². The fraction of sp³-hybridized carbons (Fsp3) is 0.231. The van der Waals surface area contributed by atoms with Crippen LogP contribution in [0.1, 0.15) is 18.2 Å². The molecule has 2 rings (SSSR count). The molecule has 0 aliphatic heterocycles. The van der Waals surface area contributed by atoms with E-state index in [-0.39, 0.29) is 5.88 Å². The largest absolute Gasteiger partial charge is 0.480 e. The van der Waals surface area contributed by atoms with Gasteiger partial charge >= 0.3 is 0 Å². The highest BCUT2D eigenvalue weighted by Crippen LogP contribution is 2.37. The third-order valence-corrected chi connectivity index (χ3v) is 3.58. The summed E-state index contributed by atoms with van der Waals surface area (Å²) in [5.74, 6) is 0.270. The Morgan fingerprint density at radius 1 is 1.32 bits per heavy atom. The molecule has 2 aromatic rings. The van der Waals surface area contributed by atoms with Crippen LogP contribution in [0.25, 0.3) is 0 Å². The first kappa shape index (κ1) is 14.2. The van der Waals surface area contributed by atoms with Crippen LogP contribution in [-0.2, 0) is 5.60 Å². The van der Waals surface area contributed by atoms with E-state index in [0.29, 0.717) is 16.3 Å². The summed E-state index contributed by atoms with van der Waals surface area (Å²) >= 11 is 9.51. The summed E-state index contributed by atoms with van der Waals surface area (Å²) in [5.41, 5.74) is -0.532. The average Bonchev–Trinajstić information content (AvgIpc) is 2.38. The Morgan fingerprint density at radius 2 is 2.00 bits per heavy atom. The highest BCUT2D eigenvalue weighted by molar-refractivity contribution is 9.10. The van der Waals surface area contributed by atoms with E-state index < -0.39 is 5.60 Å². The van der Waals surface area contributed by atoms with Crippen LogP contribution < -0.4 is 4.74 Å². The average molecular weight is 344 g/mol. The topological polar surface area (TPSA) is 55.2 Å². The smallest absolute Gasteiger partial charge is 0.238 e. The number of aliphatic hydroxyl groups is 1. The van der Waals surface area contributed by atoms with Gasteiger partial charge in [0, 0.05) is 27.5 Å². The second-order valence-electron chi connectivity index (χ2n) is 4.11. The van der Waals surface area contributed by atoms with Crippen molar-refractivity contribution in [2.45, 2.75) is 12.5 Å². The summed E-state index contributed by atoms with van der Waals surface area (Å²) in [5, 5.41) is 11.2. The number of halogens is 2. The van der Waals surface area contributed by atoms with Gasteiger partial charge in [-0.1, -0.05) is 33.6 Å². The minimum absolute atomic E-state index is 0.270. The van der Waals surface area contributed by atoms with Gasteiger partial charge in [-0.05, 0) is 19.1 Å². The van der Waals surface area contributed by atoms with Crippen molar-refractivity contribution in [2.75, 3.05) is 7.11 Å². The normalized spacial score (nSPS) is 13.9. The number of benzene rings is 1. The van der Waals surface area contributed by atoms with E-state index >= 15 is 0 Å². The van der Waals surface area contributed by atoms with Crippen LogP contribution in [0.5, 0.6) is 5.88 Å². The summed E-state index contributed by atoms with van der Waals surface area (Å²) < 4.78 is 5.97. The number of methoxy groups -OCH3 is 1. The summed E-state index contributed by atoms with van der Waals surface area (Å²) in [4.78, 5) is 8.19. The molecule has 19 heavy (non-hydrogen) atoms. The molecular weight excluding hydrogens is 332 g/mol. The van der Waals surface area contributed by atoms with Crippen molar-refractivity contribution >= 4 is 27.5 Å². The molecule has 0 saturated carbocycles. The molecule has 100 valence electrons. The Bertz CT molecular complexity index is 605. The van der Waals surface area contributed by atoms with Crippen molar-refractivity contribution in [3.8, 4) is 5.88 Å². The van der Waals surface area contributed by atoms with Gasteiger partial charge in [-0.25, -0.2) is 4.98 Å². The molecule has 1 aromatic heterocycles. The molecule has 0 aliphatic carbocycles. The lowest BCUT2D eigenvalue weighted by molar-refractivity contribution is 0.0930. The Hall–Kier alpha value is -1.17. The van der Waals surface area contributed by atoms with Gasteiger partial charge in [0.2, 0.25) is 5.88 Å². The van der Waals surface area contributed by atoms with Crippen LogP contribution in [0, 0.1) is 0 Å². The lowest BCUT2D eigenvalue weighted by Gasteiger charge is -2.25. The Balaban J connectivity index is 2.58. The molecule has 0 amide bonds. The molecule has 0 fully saturated rings. The SMILES string of the molecule is COc1nccnc1C(C)(O)c1ccc(Br)cc1Cl. The molecule has 4 nitrogen and oxygen atoms in total. The van der Waals surface area contributed by atoms with Crippen molar-refractivity contribution in [1.82, 2.24) is 9.97 Å². The van der Waals surface area contributed by atoms with Gasteiger partial charge in [-0.2, -0.15) is 0 Å². The summed E-state index contributed by atoms with van der Waals surface area (Å²) in [7, 11) is 1.48. The molecule has 1 atom stereocenters. The standard InChI is InChI=1S/C13H12BrClN2O2/c1-13(18,9-4-3-8(14)7-10(9)15)11-12(19-2)17-6-5-16-11/h3-7,18H,1-2H3. The maximum absolute atomic E-state index is 10.8. The number of hydrogen-bond acceptors (Lipinski definition) is 4. The zero-order chi connectivity index (χ0) is 14.0. The molecule has 0 saturated heterocycles. The van der Waals surface area contributed by atoms with Crippen LogP contribution >= 0.6 is 27.5 Å². The molecule has 0 aliphatic rings. The fourth-order valence-electron chi connectivity index (χ4n) is 1.82. The van der Waals surface area contributed by atoms with E-state index in [1.165, 1.54) is 19.5 Å². The minimum atomic E-state index is -1.39. The van der Waals surface area contributed by atoms with Crippen LogP contribution in [0.3, 0.4) is 0 Å². The minimum Gasteiger partial charge on any atom is -0.480 e. The van der Waals surface area contributed by atoms with Gasteiger partial charge in [0.15, 0.2) is 0 Å². The van der Waals surface area contributed by atoms with E-state index in [0.717, 1.165) is 4.47 Å². The van der Waals surface area contributed by atoms with Gasteiger partial charge in [0.05, 0.1) is 7.11 Å². The molecule has 1 unspecified atom stereocenters. The van der Waals surface area contributed by atoms with Crippen molar-refractivity contribution < 1.29 is 9.84 Å². The molecule has 0 spiro atoms. The van der Waals surface area contributed by atoms with Gasteiger partial charge in [0.25, 0.3) is 0 Å². The van der Waals surface area contributed by atoms with Gasteiger partial charge < -0.3 is 9.84 Å². The number of rotatable bonds is 3. The lowest BCUT2D eigenvalue weighted by Crippen LogP contribution is -2.26. The van der Waals surface area contributed by atoms with Crippen LogP contribution in [0.4, 0.5) is 0 Å².